The third kappa shape index (κ3) is 5.38. The van der Waals surface area contributed by atoms with Gasteiger partial charge >= 0.3 is 0 Å². The van der Waals surface area contributed by atoms with Crippen LogP contribution in [0.2, 0.25) is 0 Å². The summed E-state index contributed by atoms with van der Waals surface area (Å²) in [6.45, 7) is 0.947. The van der Waals surface area contributed by atoms with Gasteiger partial charge in [-0.3, -0.25) is 9.78 Å². The Morgan fingerprint density at radius 3 is 2.93 bits per heavy atom. The van der Waals surface area contributed by atoms with E-state index in [2.05, 4.69) is 56.3 Å². The minimum absolute atomic E-state index is 0.129. The van der Waals surface area contributed by atoms with E-state index in [1.54, 1.807) is 18.0 Å². The first-order valence-electron chi connectivity index (χ1n) is 9.34. The van der Waals surface area contributed by atoms with Crippen LogP contribution in [-0.2, 0) is 11.2 Å². The standard InChI is InChI=1S/C22H24IN3OS/c1-26(14-8-7-13-23)20-19(16-24-18-12-9-15-28-21(18)20)25-22(27)17-10-5-3-2-4-6-11-17/h2-6,9-11,15-16H,7-8,12-14H2,1H3,(H,25,27)/b3-2-,4-2?,5-3?,6-4-,10-5-,11-6?,17-10?,17-11+. The van der Waals surface area contributed by atoms with Gasteiger partial charge in [-0.2, -0.15) is 0 Å². The molecule has 0 bridgehead atoms. The molecule has 0 saturated carbocycles. The van der Waals surface area contributed by atoms with Crippen LogP contribution in [0.25, 0.3) is 0 Å². The van der Waals surface area contributed by atoms with Crippen LogP contribution in [0, 0.1) is 0 Å². The number of fused-ring (bicyclic) bond motifs is 1. The minimum atomic E-state index is -0.129. The molecular weight excluding hydrogens is 481 g/mol. The number of thioether (sulfide) groups is 1. The first-order valence-corrected chi connectivity index (χ1v) is 11.7. The number of pyridine rings is 1. The lowest BCUT2D eigenvalue weighted by Gasteiger charge is -2.27. The van der Waals surface area contributed by atoms with E-state index in [4.69, 9.17) is 0 Å². The van der Waals surface area contributed by atoms with Crippen molar-refractivity contribution in [1.29, 1.82) is 0 Å². The highest BCUT2D eigenvalue weighted by Crippen LogP contribution is 2.41. The summed E-state index contributed by atoms with van der Waals surface area (Å²) in [4.78, 5) is 20.9. The number of amides is 1. The molecule has 3 rings (SSSR count). The Morgan fingerprint density at radius 2 is 2.07 bits per heavy atom. The summed E-state index contributed by atoms with van der Waals surface area (Å²) in [5.74, 6) is -0.129. The maximum atomic E-state index is 12.9. The molecule has 28 heavy (non-hydrogen) atoms. The average Bonchev–Trinajstić information content (AvgIpc) is 2.67. The molecule has 0 saturated heterocycles. The van der Waals surface area contributed by atoms with E-state index in [1.165, 1.54) is 6.42 Å². The Labute approximate surface area is 184 Å². The van der Waals surface area contributed by atoms with Gasteiger partial charge in [0.2, 0.25) is 0 Å². The predicted octanol–water partition coefficient (Wildman–Crippen LogP) is 5.44. The molecule has 2 aliphatic rings. The summed E-state index contributed by atoms with van der Waals surface area (Å²) in [6, 6.07) is 0. The number of halogens is 1. The van der Waals surface area contributed by atoms with Crippen LogP contribution >= 0.6 is 34.4 Å². The second-order valence-corrected chi connectivity index (χ2v) is 8.51. The number of allylic oxidation sites excluding steroid dienone is 7. The number of carbonyl (C=O) groups is 1. The molecule has 0 radical (unpaired) electrons. The van der Waals surface area contributed by atoms with E-state index in [0.29, 0.717) is 5.57 Å². The molecule has 0 atom stereocenters. The van der Waals surface area contributed by atoms with Crippen molar-refractivity contribution in [2.75, 3.05) is 28.2 Å². The van der Waals surface area contributed by atoms with E-state index in [9.17, 15) is 4.79 Å². The highest BCUT2D eigenvalue weighted by Gasteiger charge is 2.21. The Bertz CT molecular complexity index is 871. The van der Waals surface area contributed by atoms with Crippen LogP contribution in [-0.4, -0.2) is 28.9 Å². The van der Waals surface area contributed by atoms with E-state index in [1.807, 2.05) is 42.5 Å². The van der Waals surface area contributed by atoms with Crippen molar-refractivity contribution < 1.29 is 4.79 Å². The second kappa shape index (κ2) is 10.7. The van der Waals surface area contributed by atoms with E-state index in [-0.39, 0.29) is 5.91 Å². The molecular formula is C22H24IN3OS. The number of hydrogen-bond acceptors (Lipinski definition) is 4. The number of rotatable bonds is 7. The Kier molecular flexibility index (Phi) is 7.97. The van der Waals surface area contributed by atoms with Gasteiger partial charge in [0.05, 0.1) is 28.2 Å². The third-order valence-electron chi connectivity index (χ3n) is 4.44. The molecule has 1 N–H and O–H groups in total. The summed E-state index contributed by atoms with van der Waals surface area (Å²) >= 11 is 4.09. The number of anilines is 2. The first kappa shape index (κ1) is 20.9. The fraction of sp³-hybridized carbons (Fsp3) is 0.273. The quantitative estimate of drug-likeness (QED) is 0.305. The van der Waals surface area contributed by atoms with E-state index >= 15 is 0 Å². The van der Waals surface area contributed by atoms with Gasteiger partial charge in [0.25, 0.3) is 5.91 Å². The lowest BCUT2D eigenvalue weighted by Crippen LogP contribution is -2.24. The van der Waals surface area contributed by atoms with Gasteiger partial charge < -0.3 is 10.2 Å². The predicted molar refractivity (Wildman–Crippen MR) is 128 cm³/mol. The van der Waals surface area contributed by atoms with E-state index < -0.39 is 0 Å². The maximum Gasteiger partial charge on any atom is 0.255 e. The van der Waals surface area contributed by atoms with Crippen molar-refractivity contribution in [3.63, 3.8) is 0 Å². The van der Waals surface area contributed by atoms with Gasteiger partial charge in [0, 0.05) is 25.6 Å². The first-order chi connectivity index (χ1) is 13.7. The SMILES string of the molecule is CN(CCCCI)c1c(NC(=O)C2=C/C=C\C=C/C=C\2)cnc2c1SC=CC2. The fourth-order valence-electron chi connectivity index (χ4n) is 3.00. The number of nitrogens with one attached hydrogen (secondary N) is 1. The lowest BCUT2D eigenvalue weighted by molar-refractivity contribution is -0.112. The fourth-order valence-corrected chi connectivity index (χ4v) is 4.52. The molecule has 4 nitrogen and oxygen atoms in total. The molecule has 2 heterocycles. The Hall–Kier alpha value is -1.80. The number of hydrogen-bond donors (Lipinski definition) is 1. The summed E-state index contributed by atoms with van der Waals surface area (Å²) in [5, 5.41) is 5.20. The zero-order valence-electron chi connectivity index (χ0n) is 15.9. The molecule has 0 aromatic carbocycles. The van der Waals surface area contributed by atoms with Crippen LogP contribution in [0.1, 0.15) is 18.5 Å². The van der Waals surface area contributed by atoms with Crippen LogP contribution < -0.4 is 10.2 Å². The highest BCUT2D eigenvalue weighted by atomic mass is 127. The topological polar surface area (TPSA) is 45.2 Å². The molecule has 0 unspecified atom stereocenters. The van der Waals surface area contributed by atoms with Crippen molar-refractivity contribution in [2.45, 2.75) is 24.2 Å². The number of carbonyl (C=O) groups excluding carboxylic acids is 1. The highest BCUT2D eigenvalue weighted by molar-refractivity contribution is 14.1. The van der Waals surface area contributed by atoms with Gasteiger partial charge in [0.15, 0.2) is 0 Å². The van der Waals surface area contributed by atoms with Gasteiger partial charge in [-0.25, -0.2) is 0 Å². The van der Waals surface area contributed by atoms with Crippen molar-refractivity contribution in [3.8, 4) is 0 Å². The minimum Gasteiger partial charge on any atom is -0.372 e. The van der Waals surface area contributed by atoms with Crippen LogP contribution in [0.3, 0.4) is 0 Å². The molecule has 1 aliphatic carbocycles. The number of alkyl halides is 1. The smallest absolute Gasteiger partial charge is 0.255 e. The number of unbranched alkanes of at least 4 members (excludes halogenated alkanes) is 1. The van der Waals surface area contributed by atoms with Crippen LogP contribution in [0.15, 0.2) is 70.7 Å². The average molecular weight is 505 g/mol. The molecule has 0 fully saturated rings. The van der Waals surface area contributed by atoms with Crippen LogP contribution in [0.5, 0.6) is 0 Å². The molecule has 6 heteroatoms. The van der Waals surface area contributed by atoms with Crippen molar-refractivity contribution in [2.24, 2.45) is 0 Å². The Morgan fingerprint density at radius 1 is 1.25 bits per heavy atom. The van der Waals surface area contributed by atoms with Gasteiger partial charge in [-0.15, -0.1) is 0 Å². The maximum absolute atomic E-state index is 12.9. The number of nitrogens with zero attached hydrogens (tertiary/aromatic N) is 2. The second-order valence-electron chi connectivity index (χ2n) is 6.51. The van der Waals surface area contributed by atoms with Gasteiger partial charge in [0.1, 0.15) is 0 Å². The van der Waals surface area contributed by atoms with Crippen LogP contribution in [0.4, 0.5) is 11.4 Å². The summed E-state index contributed by atoms with van der Waals surface area (Å²) in [5.41, 5.74) is 3.51. The molecule has 146 valence electrons. The van der Waals surface area contributed by atoms with Crippen molar-refractivity contribution in [3.05, 3.63) is 71.5 Å². The molecule has 1 amide bonds. The van der Waals surface area contributed by atoms with E-state index in [0.717, 1.165) is 45.8 Å². The normalized spacial score (nSPS) is 20.1. The van der Waals surface area contributed by atoms with Gasteiger partial charge in [-0.05, 0) is 34.8 Å². The largest absolute Gasteiger partial charge is 0.372 e. The third-order valence-corrected chi connectivity index (χ3v) is 6.20. The summed E-state index contributed by atoms with van der Waals surface area (Å²) < 4.78 is 1.16. The van der Waals surface area contributed by atoms with Crippen molar-refractivity contribution in [1.82, 2.24) is 4.98 Å². The number of aromatic nitrogens is 1. The zero-order chi connectivity index (χ0) is 19.8. The van der Waals surface area contributed by atoms with Gasteiger partial charge in [-0.1, -0.05) is 70.8 Å². The molecule has 1 aromatic rings. The monoisotopic (exact) mass is 505 g/mol. The Balaban J connectivity index is 1.88. The lowest BCUT2D eigenvalue weighted by atomic mass is 10.1. The summed E-state index contributed by atoms with van der Waals surface area (Å²) in [7, 11) is 2.10. The van der Waals surface area contributed by atoms with Crippen molar-refractivity contribution >= 4 is 51.6 Å². The summed E-state index contributed by atoms with van der Waals surface area (Å²) in [6.07, 6.45) is 20.2. The zero-order valence-corrected chi connectivity index (χ0v) is 18.9. The molecule has 1 aromatic heterocycles. The molecule has 1 aliphatic heterocycles. The molecule has 0 spiro atoms.